The van der Waals surface area contributed by atoms with E-state index in [1.165, 1.54) is 6.21 Å². The van der Waals surface area contributed by atoms with Gasteiger partial charge in [-0.1, -0.05) is 36.4 Å². The summed E-state index contributed by atoms with van der Waals surface area (Å²) in [5.41, 5.74) is 4.32. The summed E-state index contributed by atoms with van der Waals surface area (Å²) in [5, 5.41) is 23.5. The summed E-state index contributed by atoms with van der Waals surface area (Å²) >= 11 is 0. The van der Waals surface area contributed by atoms with Gasteiger partial charge in [0.25, 0.3) is 0 Å². The third kappa shape index (κ3) is 7.32. The van der Waals surface area contributed by atoms with E-state index in [4.69, 9.17) is 10.1 Å². The highest BCUT2D eigenvalue weighted by molar-refractivity contribution is 5.88. The number of nitrogens with one attached hydrogen (secondary N) is 3. The number of hydrogen-bond acceptors (Lipinski definition) is 6. The van der Waals surface area contributed by atoms with Crippen LogP contribution in [0.2, 0.25) is 0 Å². The van der Waals surface area contributed by atoms with Crippen LogP contribution in [0.1, 0.15) is 44.7 Å². The van der Waals surface area contributed by atoms with Crippen LogP contribution in [0.25, 0.3) is 11.1 Å². The van der Waals surface area contributed by atoms with Gasteiger partial charge in [-0.2, -0.15) is 5.26 Å². The lowest BCUT2D eigenvalue weighted by Crippen LogP contribution is -2.39. The predicted molar refractivity (Wildman–Crippen MR) is 136 cm³/mol. The molecule has 3 N–H and O–H groups in total. The van der Waals surface area contributed by atoms with Crippen LogP contribution in [0.15, 0.2) is 42.5 Å². The molecule has 3 rings (SSSR count). The van der Waals surface area contributed by atoms with E-state index in [0.717, 1.165) is 53.9 Å². The fraction of sp³-hybridized carbons (Fsp3) is 0.444. The molecule has 0 radical (unpaired) electrons. The third-order valence-electron chi connectivity index (χ3n) is 5.86. The van der Waals surface area contributed by atoms with Gasteiger partial charge in [0.05, 0.1) is 6.07 Å². The maximum atomic E-state index is 12.0. The molecule has 0 bridgehead atoms. The fourth-order valence-corrected chi connectivity index (χ4v) is 4.01. The van der Waals surface area contributed by atoms with E-state index in [-0.39, 0.29) is 0 Å². The highest BCUT2D eigenvalue weighted by Gasteiger charge is 2.20. The van der Waals surface area contributed by atoms with Crippen LogP contribution in [0, 0.1) is 16.7 Å². The largest absolute Gasteiger partial charge is 0.444 e. The van der Waals surface area contributed by atoms with Crippen molar-refractivity contribution in [2.24, 2.45) is 0 Å². The van der Waals surface area contributed by atoms with Gasteiger partial charge in [0, 0.05) is 29.9 Å². The molecule has 2 aromatic rings. The van der Waals surface area contributed by atoms with Gasteiger partial charge in [-0.3, -0.25) is 0 Å². The first-order valence-corrected chi connectivity index (χ1v) is 11.7. The Balaban J connectivity index is 1.68. The normalized spacial score (nSPS) is 15.7. The lowest BCUT2D eigenvalue weighted by molar-refractivity contribution is 0.0516. The summed E-state index contributed by atoms with van der Waals surface area (Å²) in [5.74, 6) is 0. The molecular formula is C27H35N5O2. The number of alkyl carbamates (subject to hydrolysis) is 1. The maximum absolute atomic E-state index is 12.0. The van der Waals surface area contributed by atoms with Gasteiger partial charge in [0.1, 0.15) is 11.6 Å². The quantitative estimate of drug-likeness (QED) is 0.513. The monoisotopic (exact) mass is 461 g/mol. The number of nitriles is 1. The first kappa shape index (κ1) is 25.3. The second-order valence-electron chi connectivity index (χ2n) is 9.90. The van der Waals surface area contributed by atoms with Gasteiger partial charge >= 0.3 is 6.09 Å². The summed E-state index contributed by atoms with van der Waals surface area (Å²) in [6, 6.07) is 16.0. The molecule has 0 aliphatic carbocycles. The predicted octanol–water partition coefficient (Wildman–Crippen LogP) is 4.82. The lowest BCUT2D eigenvalue weighted by Gasteiger charge is -2.30. The van der Waals surface area contributed by atoms with Crippen LogP contribution >= 0.6 is 0 Å². The molecule has 1 saturated heterocycles. The molecule has 0 aromatic heterocycles. The lowest BCUT2D eigenvalue weighted by atomic mass is 9.98. The minimum Gasteiger partial charge on any atom is -0.444 e. The maximum Gasteiger partial charge on any atom is 0.408 e. The van der Waals surface area contributed by atoms with Crippen molar-refractivity contribution in [3.05, 3.63) is 53.6 Å². The number of benzene rings is 2. The van der Waals surface area contributed by atoms with Crippen molar-refractivity contribution in [2.45, 2.75) is 57.7 Å². The molecular weight excluding hydrogens is 426 g/mol. The van der Waals surface area contributed by atoms with Crippen LogP contribution in [0.4, 0.5) is 10.5 Å². The Morgan fingerprint density at radius 3 is 2.44 bits per heavy atom. The molecule has 34 heavy (non-hydrogen) atoms. The molecule has 2 aromatic carbocycles. The van der Waals surface area contributed by atoms with Crippen LogP contribution in [-0.4, -0.2) is 55.0 Å². The van der Waals surface area contributed by atoms with Crippen LogP contribution in [0.5, 0.6) is 0 Å². The van der Waals surface area contributed by atoms with Crippen LogP contribution in [0.3, 0.4) is 0 Å². The van der Waals surface area contributed by atoms with E-state index < -0.39 is 17.7 Å². The zero-order chi connectivity index (χ0) is 24.7. The Hall–Kier alpha value is -3.37. The molecule has 1 fully saturated rings. The average molecular weight is 462 g/mol. The highest BCUT2D eigenvalue weighted by atomic mass is 16.6. The van der Waals surface area contributed by atoms with E-state index in [0.29, 0.717) is 12.5 Å². The molecule has 1 amide bonds. The molecule has 0 saturated carbocycles. The van der Waals surface area contributed by atoms with Crippen molar-refractivity contribution in [1.82, 2.24) is 10.2 Å². The fourth-order valence-electron chi connectivity index (χ4n) is 4.01. The van der Waals surface area contributed by atoms with Gasteiger partial charge < -0.3 is 25.7 Å². The number of piperidine rings is 1. The Bertz CT molecular complexity index is 1030. The second kappa shape index (κ2) is 11.2. The van der Waals surface area contributed by atoms with E-state index in [2.05, 4.69) is 34.7 Å². The summed E-state index contributed by atoms with van der Waals surface area (Å²) in [6.07, 6.45) is 3.37. The number of likely N-dealkylation sites (tertiary alicyclic amines) is 1. The van der Waals surface area contributed by atoms with Crippen molar-refractivity contribution in [3.8, 4) is 17.2 Å². The minimum atomic E-state index is -0.669. The molecule has 1 aliphatic heterocycles. The van der Waals surface area contributed by atoms with E-state index in [1.54, 1.807) is 20.8 Å². The van der Waals surface area contributed by atoms with Crippen molar-refractivity contribution in [3.63, 3.8) is 0 Å². The van der Waals surface area contributed by atoms with Gasteiger partial charge in [-0.05, 0) is 76.5 Å². The first-order valence-electron chi connectivity index (χ1n) is 11.7. The zero-order valence-corrected chi connectivity index (χ0v) is 20.5. The number of carbonyl (C=O) groups is 1. The van der Waals surface area contributed by atoms with Crippen LogP contribution < -0.4 is 10.6 Å². The number of amides is 1. The highest BCUT2D eigenvalue weighted by Crippen LogP contribution is 2.27. The minimum absolute atomic E-state index is 0.395. The smallest absolute Gasteiger partial charge is 0.408 e. The second-order valence-corrected chi connectivity index (χ2v) is 9.90. The average Bonchev–Trinajstić information content (AvgIpc) is 2.79. The number of anilines is 1. The Labute approximate surface area is 202 Å². The molecule has 7 heteroatoms. The number of carbonyl (C=O) groups excluding carboxylic acids is 1. The Morgan fingerprint density at radius 2 is 1.85 bits per heavy atom. The van der Waals surface area contributed by atoms with Gasteiger partial charge in [-0.25, -0.2) is 4.79 Å². The summed E-state index contributed by atoms with van der Waals surface area (Å²) in [7, 11) is 2.15. The van der Waals surface area contributed by atoms with Crippen molar-refractivity contribution < 1.29 is 9.53 Å². The molecule has 0 spiro atoms. The summed E-state index contributed by atoms with van der Waals surface area (Å²) < 4.78 is 5.25. The van der Waals surface area contributed by atoms with Crippen LogP contribution in [-0.2, 0) is 11.2 Å². The number of ether oxygens (including phenoxy) is 1. The molecule has 1 heterocycles. The van der Waals surface area contributed by atoms with Gasteiger partial charge in [0.15, 0.2) is 0 Å². The Kier molecular flexibility index (Phi) is 8.30. The van der Waals surface area contributed by atoms with E-state index in [1.807, 2.05) is 36.4 Å². The van der Waals surface area contributed by atoms with Crippen molar-refractivity contribution >= 4 is 18.0 Å². The SMILES string of the molecule is CN1CCC(Nc2cc(-c3ccc(C[C@@H](C#N)NC(=O)OC(C)(C)C)cc3)ccc2C=N)CC1. The topological polar surface area (TPSA) is 101 Å². The molecule has 1 aliphatic rings. The van der Waals surface area contributed by atoms with Crippen molar-refractivity contribution in [1.29, 1.82) is 10.7 Å². The first-order chi connectivity index (χ1) is 16.2. The summed E-state index contributed by atoms with van der Waals surface area (Å²) in [6.45, 7) is 7.51. The molecule has 7 nitrogen and oxygen atoms in total. The van der Waals surface area contributed by atoms with Gasteiger partial charge in [-0.15, -0.1) is 0 Å². The van der Waals surface area contributed by atoms with E-state index >= 15 is 0 Å². The Morgan fingerprint density at radius 1 is 1.21 bits per heavy atom. The number of nitrogens with zero attached hydrogens (tertiary/aromatic N) is 2. The zero-order valence-electron chi connectivity index (χ0n) is 20.5. The van der Waals surface area contributed by atoms with Crippen molar-refractivity contribution in [2.75, 3.05) is 25.5 Å². The number of hydrogen-bond donors (Lipinski definition) is 3. The third-order valence-corrected chi connectivity index (χ3v) is 5.86. The summed E-state index contributed by atoms with van der Waals surface area (Å²) in [4.78, 5) is 14.3. The molecule has 0 unspecified atom stereocenters. The standard InChI is InChI=1S/C27H35N5O2/c1-27(2,3)34-26(33)31-24(18-29)15-19-5-7-20(8-6-19)21-9-10-22(17-28)25(16-21)30-23-11-13-32(4)14-12-23/h5-10,16-17,23-24,28,30H,11-15H2,1-4H3,(H,31,33)/t24-/m0/s1. The molecule has 1 atom stereocenters. The van der Waals surface area contributed by atoms with E-state index in [9.17, 15) is 10.1 Å². The number of rotatable bonds is 7. The molecule has 180 valence electrons. The van der Waals surface area contributed by atoms with Gasteiger partial charge in [0.2, 0.25) is 0 Å².